The lowest BCUT2D eigenvalue weighted by Gasteiger charge is -2.39. The maximum Gasteiger partial charge on any atom is 0.219 e. The Hall–Kier alpha value is -1.06. The van der Waals surface area contributed by atoms with E-state index in [4.69, 9.17) is 0 Å². The standard InChI is InChI=1S/C14H24N2O2/c1-11(17)15-7-3-13(4-8-15)14-5-9-16(10-6-14)12(2)18/h13-14H,3-10H2,1-2H3. The van der Waals surface area contributed by atoms with Crippen molar-refractivity contribution in [2.24, 2.45) is 11.8 Å². The van der Waals surface area contributed by atoms with Gasteiger partial charge in [0.15, 0.2) is 0 Å². The van der Waals surface area contributed by atoms with E-state index < -0.39 is 0 Å². The second kappa shape index (κ2) is 5.72. The predicted octanol–water partition coefficient (Wildman–Crippen LogP) is 1.50. The minimum atomic E-state index is 0.208. The third-order valence-corrected chi connectivity index (χ3v) is 4.64. The highest BCUT2D eigenvalue weighted by Crippen LogP contribution is 2.32. The van der Waals surface area contributed by atoms with Crippen LogP contribution in [0.4, 0.5) is 0 Å². The summed E-state index contributed by atoms with van der Waals surface area (Å²) < 4.78 is 0. The van der Waals surface area contributed by atoms with Gasteiger partial charge in [0.05, 0.1) is 0 Å². The molecule has 2 heterocycles. The number of likely N-dealkylation sites (tertiary alicyclic amines) is 2. The van der Waals surface area contributed by atoms with Gasteiger partial charge in [0.1, 0.15) is 0 Å². The molecule has 4 heteroatoms. The Morgan fingerprint density at radius 2 is 1.00 bits per heavy atom. The third-order valence-electron chi connectivity index (χ3n) is 4.64. The molecule has 0 spiro atoms. The molecule has 0 atom stereocenters. The first-order valence-electron chi connectivity index (χ1n) is 7.09. The quantitative estimate of drug-likeness (QED) is 0.709. The van der Waals surface area contributed by atoms with E-state index in [0.29, 0.717) is 0 Å². The second-order valence-electron chi connectivity index (χ2n) is 5.69. The molecule has 0 bridgehead atoms. The molecule has 102 valence electrons. The molecule has 4 nitrogen and oxygen atoms in total. The van der Waals surface area contributed by atoms with Crippen LogP contribution in [0.3, 0.4) is 0 Å². The first kappa shape index (κ1) is 13.4. The van der Waals surface area contributed by atoms with Crippen molar-refractivity contribution in [1.29, 1.82) is 0 Å². The van der Waals surface area contributed by atoms with Gasteiger partial charge in [-0.25, -0.2) is 0 Å². The highest BCUT2D eigenvalue weighted by Gasteiger charge is 2.30. The van der Waals surface area contributed by atoms with Gasteiger partial charge in [0, 0.05) is 40.0 Å². The smallest absolute Gasteiger partial charge is 0.219 e. The van der Waals surface area contributed by atoms with Gasteiger partial charge < -0.3 is 9.80 Å². The molecular formula is C14H24N2O2. The normalized spacial score (nSPS) is 23.2. The molecule has 0 saturated carbocycles. The van der Waals surface area contributed by atoms with E-state index in [1.807, 2.05) is 9.80 Å². The van der Waals surface area contributed by atoms with Crippen molar-refractivity contribution >= 4 is 11.8 Å². The van der Waals surface area contributed by atoms with E-state index in [9.17, 15) is 9.59 Å². The summed E-state index contributed by atoms with van der Waals surface area (Å²) in [6, 6.07) is 0. The predicted molar refractivity (Wildman–Crippen MR) is 70.0 cm³/mol. The summed E-state index contributed by atoms with van der Waals surface area (Å²) in [4.78, 5) is 26.5. The zero-order chi connectivity index (χ0) is 13.1. The molecule has 0 aliphatic carbocycles. The molecule has 2 fully saturated rings. The van der Waals surface area contributed by atoms with Gasteiger partial charge in [-0.1, -0.05) is 0 Å². The lowest BCUT2D eigenvalue weighted by Crippen LogP contribution is -2.43. The number of hydrogen-bond acceptors (Lipinski definition) is 2. The Kier molecular flexibility index (Phi) is 4.25. The van der Waals surface area contributed by atoms with Crippen LogP contribution in [0.15, 0.2) is 0 Å². The minimum Gasteiger partial charge on any atom is -0.343 e. The molecule has 18 heavy (non-hydrogen) atoms. The maximum atomic E-state index is 11.3. The first-order valence-corrected chi connectivity index (χ1v) is 7.09. The van der Waals surface area contributed by atoms with Crippen LogP contribution in [-0.2, 0) is 9.59 Å². The summed E-state index contributed by atoms with van der Waals surface area (Å²) in [5.41, 5.74) is 0. The number of rotatable bonds is 1. The number of amides is 2. The maximum absolute atomic E-state index is 11.3. The Morgan fingerprint density at radius 3 is 1.22 bits per heavy atom. The fourth-order valence-corrected chi connectivity index (χ4v) is 3.37. The molecule has 2 saturated heterocycles. The molecule has 2 rings (SSSR count). The van der Waals surface area contributed by atoms with Crippen molar-refractivity contribution in [3.05, 3.63) is 0 Å². The van der Waals surface area contributed by atoms with E-state index in [2.05, 4.69) is 0 Å². The van der Waals surface area contributed by atoms with E-state index in [1.165, 1.54) is 0 Å². The molecule has 0 N–H and O–H groups in total. The topological polar surface area (TPSA) is 40.6 Å². The summed E-state index contributed by atoms with van der Waals surface area (Å²) in [6.45, 7) is 7.01. The van der Waals surface area contributed by atoms with Gasteiger partial charge in [-0.3, -0.25) is 9.59 Å². The fraction of sp³-hybridized carbons (Fsp3) is 0.857. The van der Waals surface area contributed by atoms with Gasteiger partial charge in [0.25, 0.3) is 0 Å². The van der Waals surface area contributed by atoms with Crippen LogP contribution in [0.25, 0.3) is 0 Å². The van der Waals surface area contributed by atoms with Gasteiger partial charge >= 0.3 is 0 Å². The molecule has 2 aliphatic rings. The van der Waals surface area contributed by atoms with Gasteiger partial charge in [-0.2, -0.15) is 0 Å². The Labute approximate surface area is 109 Å². The Morgan fingerprint density at radius 1 is 0.722 bits per heavy atom. The fourth-order valence-electron chi connectivity index (χ4n) is 3.37. The summed E-state index contributed by atoms with van der Waals surface area (Å²) in [6.07, 6.45) is 4.57. The van der Waals surface area contributed by atoms with Crippen LogP contribution in [0.5, 0.6) is 0 Å². The average molecular weight is 252 g/mol. The van der Waals surface area contributed by atoms with Crippen molar-refractivity contribution in [3.63, 3.8) is 0 Å². The summed E-state index contributed by atoms with van der Waals surface area (Å²) in [5, 5.41) is 0. The molecule has 0 aromatic rings. The molecule has 0 radical (unpaired) electrons. The zero-order valence-electron chi connectivity index (χ0n) is 11.5. The molecule has 0 aromatic heterocycles. The van der Waals surface area contributed by atoms with Crippen LogP contribution in [0, 0.1) is 11.8 Å². The molecular weight excluding hydrogens is 228 g/mol. The summed E-state index contributed by atoms with van der Waals surface area (Å²) in [5.74, 6) is 1.93. The number of nitrogens with zero attached hydrogens (tertiary/aromatic N) is 2. The monoisotopic (exact) mass is 252 g/mol. The summed E-state index contributed by atoms with van der Waals surface area (Å²) in [7, 11) is 0. The number of piperidine rings is 2. The van der Waals surface area contributed by atoms with Crippen LogP contribution >= 0.6 is 0 Å². The molecule has 2 amide bonds. The van der Waals surface area contributed by atoms with Crippen molar-refractivity contribution in [2.75, 3.05) is 26.2 Å². The lowest BCUT2D eigenvalue weighted by atomic mass is 9.79. The van der Waals surface area contributed by atoms with Crippen LogP contribution < -0.4 is 0 Å². The van der Waals surface area contributed by atoms with E-state index in [0.717, 1.165) is 63.7 Å². The van der Waals surface area contributed by atoms with Gasteiger partial charge in [-0.15, -0.1) is 0 Å². The number of carbonyl (C=O) groups is 2. The van der Waals surface area contributed by atoms with Crippen molar-refractivity contribution < 1.29 is 9.59 Å². The second-order valence-corrected chi connectivity index (χ2v) is 5.69. The Balaban J connectivity index is 1.78. The van der Waals surface area contributed by atoms with E-state index >= 15 is 0 Å². The zero-order valence-corrected chi connectivity index (χ0v) is 11.5. The highest BCUT2D eigenvalue weighted by molar-refractivity contribution is 5.73. The third kappa shape index (κ3) is 3.03. The van der Waals surface area contributed by atoms with Crippen LogP contribution in [-0.4, -0.2) is 47.8 Å². The number of hydrogen-bond donors (Lipinski definition) is 0. The van der Waals surface area contributed by atoms with Crippen LogP contribution in [0.1, 0.15) is 39.5 Å². The van der Waals surface area contributed by atoms with E-state index in [-0.39, 0.29) is 11.8 Å². The van der Waals surface area contributed by atoms with Gasteiger partial charge in [-0.05, 0) is 37.5 Å². The Bertz CT molecular complexity index is 282. The van der Waals surface area contributed by atoms with Crippen molar-refractivity contribution in [1.82, 2.24) is 9.80 Å². The van der Waals surface area contributed by atoms with Gasteiger partial charge in [0.2, 0.25) is 11.8 Å². The molecule has 2 aliphatic heterocycles. The highest BCUT2D eigenvalue weighted by atomic mass is 16.2. The molecule has 0 aromatic carbocycles. The SMILES string of the molecule is CC(=O)N1CCC(C2CCN(C(C)=O)CC2)CC1. The van der Waals surface area contributed by atoms with Crippen LogP contribution in [0.2, 0.25) is 0 Å². The first-order chi connectivity index (χ1) is 8.58. The minimum absolute atomic E-state index is 0.208. The largest absolute Gasteiger partial charge is 0.343 e. The average Bonchev–Trinajstić information content (AvgIpc) is 2.39. The number of carbonyl (C=O) groups excluding carboxylic acids is 2. The van der Waals surface area contributed by atoms with Crippen molar-refractivity contribution in [3.8, 4) is 0 Å². The molecule has 0 unspecified atom stereocenters. The van der Waals surface area contributed by atoms with E-state index in [1.54, 1.807) is 13.8 Å². The van der Waals surface area contributed by atoms with Crippen molar-refractivity contribution in [2.45, 2.75) is 39.5 Å². The summed E-state index contributed by atoms with van der Waals surface area (Å²) >= 11 is 0. The lowest BCUT2D eigenvalue weighted by molar-refractivity contribution is -0.132.